The summed E-state index contributed by atoms with van der Waals surface area (Å²) in [4.78, 5) is 2.76. The van der Waals surface area contributed by atoms with Gasteiger partial charge >= 0.3 is 5.95 Å². The Hall–Kier alpha value is -3.13. The van der Waals surface area contributed by atoms with Gasteiger partial charge in [0, 0.05) is 42.8 Å². The Kier molecular flexibility index (Phi) is 3.95. The van der Waals surface area contributed by atoms with Gasteiger partial charge in [-0.2, -0.15) is 0 Å². The minimum Gasteiger partial charge on any atom is -0.739 e. The largest absolute Gasteiger partial charge is 0.739 e. The van der Waals surface area contributed by atoms with Gasteiger partial charge in [-0.05, 0) is 30.3 Å². The molecule has 2 aromatic carbocycles. The number of nitrogens with one attached hydrogen (secondary N) is 2. The van der Waals surface area contributed by atoms with Crippen LogP contribution in [0.15, 0.2) is 48.5 Å². The lowest BCUT2D eigenvalue weighted by Crippen LogP contribution is -2.43. The minimum atomic E-state index is -0.0522. The van der Waals surface area contributed by atoms with Gasteiger partial charge in [0.25, 0.3) is 5.52 Å². The van der Waals surface area contributed by atoms with Crippen molar-refractivity contribution in [2.45, 2.75) is 0 Å². The van der Waals surface area contributed by atoms with Crippen LogP contribution < -0.4 is 25.1 Å². The Labute approximate surface area is 144 Å². The standard InChI is InChI=1S/C17H18N6O2/c24-22-15-3-1-2-4-16(15)23(25)20-17(22)19-13-5-7-14(8-6-13)21-11-9-18-10-12-21/h1-8,18H,9-12H2,(H,19,20). The van der Waals surface area contributed by atoms with Crippen LogP contribution in [0, 0.1) is 10.4 Å². The third-order valence-corrected chi connectivity index (χ3v) is 4.29. The Bertz CT molecular complexity index is 894. The minimum absolute atomic E-state index is 0.0522. The number of rotatable bonds is 3. The average molecular weight is 338 g/mol. The quantitative estimate of drug-likeness (QED) is 0.538. The molecule has 2 heterocycles. The van der Waals surface area contributed by atoms with Gasteiger partial charge in [-0.15, -0.1) is 0 Å². The van der Waals surface area contributed by atoms with Crippen molar-refractivity contribution in [2.24, 2.45) is 0 Å². The van der Waals surface area contributed by atoms with Crippen LogP contribution in [0.25, 0.3) is 11.0 Å². The maximum Gasteiger partial charge on any atom is 0.465 e. The molecule has 2 N–H and O–H groups in total. The molecule has 8 heteroatoms. The number of nitrogens with zero attached hydrogens (tertiary/aromatic N) is 4. The van der Waals surface area contributed by atoms with Gasteiger partial charge in [0.05, 0.1) is 5.69 Å². The van der Waals surface area contributed by atoms with Crippen LogP contribution in [0.1, 0.15) is 0 Å². The van der Waals surface area contributed by atoms with Gasteiger partial charge in [0.1, 0.15) is 0 Å². The maximum atomic E-state index is 12.4. The lowest BCUT2D eigenvalue weighted by Gasteiger charge is -2.29. The highest BCUT2D eigenvalue weighted by molar-refractivity contribution is 5.68. The van der Waals surface area contributed by atoms with Crippen molar-refractivity contribution in [1.29, 1.82) is 0 Å². The zero-order chi connectivity index (χ0) is 17.2. The van der Waals surface area contributed by atoms with Crippen LogP contribution in [0.3, 0.4) is 0 Å². The average Bonchev–Trinajstić information content (AvgIpc) is 2.67. The first-order valence-corrected chi connectivity index (χ1v) is 8.17. The van der Waals surface area contributed by atoms with Crippen molar-refractivity contribution in [3.63, 3.8) is 0 Å². The topological polar surface area (TPSA) is 94.1 Å². The molecule has 0 bridgehead atoms. The van der Waals surface area contributed by atoms with Crippen LogP contribution in [-0.4, -0.2) is 31.3 Å². The van der Waals surface area contributed by atoms with E-state index < -0.39 is 0 Å². The molecule has 0 atom stereocenters. The maximum absolute atomic E-state index is 12.4. The zero-order valence-electron chi connectivity index (χ0n) is 13.6. The molecule has 8 nitrogen and oxygen atoms in total. The second-order valence-electron chi connectivity index (χ2n) is 5.89. The molecule has 4 rings (SSSR count). The molecule has 1 aliphatic heterocycles. The molecule has 1 aromatic heterocycles. The molecule has 0 unspecified atom stereocenters. The molecule has 128 valence electrons. The Morgan fingerprint density at radius 2 is 1.64 bits per heavy atom. The lowest BCUT2D eigenvalue weighted by molar-refractivity contribution is -0.672. The third kappa shape index (κ3) is 2.99. The molecule has 1 fully saturated rings. The number of piperazine rings is 1. The van der Waals surface area contributed by atoms with E-state index in [9.17, 15) is 10.4 Å². The highest BCUT2D eigenvalue weighted by Crippen LogP contribution is 2.20. The summed E-state index contributed by atoms with van der Waals surface area (Å²) >= 11 is 0. The number of benzene rings is 2. The molecule has 0 aliphatic carbocycles. The first kappa shape index (κ1) is 15.4. The first-order chi connectivity index (χ1) is 12.2. The summed E-state index contributed by atoms with van der Waals surface area (Å²) in [5.41, 5.74) is 2.34. The van der Waals surface area contributed by atoms with Gasteiger partial charge < -0.3 is 20.6 Å². The summed E-state index contributed by atoms with van der Waals surface area (Å²) in [6, 6.07) is 14.3. The predicted octanol–water partition coefficient (Wildman–Crippen LogP) is 0.655. The third-order valence-electron chi connectivity index (χ3n) is 4.29. The first-order valence-electron chi connectivity index (χ1n) is 8.17. The molecule has 0 spiro atoms. The number of anilines is 3. The number of para-hydroxylation sites is 2. The van der Waals surface area contributed by atoms with Gasteiger partial charge in [-0.1, -0.05) is 12.1 Å². The van der Waals surface area contributed by atoms with Gasteiger partial charge in [0.15, 0.2) is 5.52 Å². The van der Waals surface area contributed by atoms with Gasteiger partial charge in [-0.25, -0.2) is 10.0 Å². The van der Waals surface area contributed by atoms with Crippen LogP contribution in [-0.2, 0) is 0 Å². The van der Waals surface area contributed by atoms with Crippen LogP contribution in [0.2, 0.25) is 0 Å². The molecule has 3 aromatic rings. The molecule has 1 aliphatic rings. The van der Waals surface area contributed by atoms with E-state index in [0.717, 1.165) is 31.9 Å². The molecular weight excluding hydrogens is 320 g/mol. The van der Waals surface area contributed by atoms with E-state index in [4.69, 9.17) is 0 Å². The highest BCUT2D eigenvalue weighted by atomic mass is 16.5. The van der Waals surface area contributed by atoms with E-state index >= 15 is 0 Å². The normalized spacial score (nSPS) is 14.6. The van der Waals surface area contributed by atoms with Crippen LogP contribution in [0.4, 0.5) is 17.3 Å². The summed E-state index contributed by atoms with van der Waals surface area (Å²) in [6.45, 7) is 3.88. The summed E-state index contributed by atoms with van der Waals surface area (Å²) in [5.74, 6) is -0.0522. The number of aromatic nitrogens is 3. The molecule has 1 saturated heterocycles. The van der Waals surface area contributed by atoms with Crippen molar-refractivity contribution in [3.8, 4) is 0 Å². The van der Waals surface area contributed by atoms with E-state index in [2.05, 4.69) is 20.6 Å². The Morgan fingerprint density at radius 3 is 2.36 bits per heavy atom. The Balaban J connectivity index is 1.60. The van der Waals surface area contributed by atoms with Gasteiger partial charge in [-0.3, -0.25) is 0 Å². The number of hydrogen-bond acceptors (Lipinski definition) is 6. The summed E-state index contributed by atoms with van der Waals surface area (Å²) < 4.78 is 0.633. The van der Waals surface area contributed by atoms with E-state index in [-0.39, 0.29) is 17.0 Å². The van der Waals surface area contributed by atoms with Gasteiger partial charge in [0.2, 0.25) is 5.10 Å². The summed E-state index contributed by atoms with van der Waals surface area (Å²) in [6.07, 6.45) is 0. The molecule has 0 amide bonds. The summed E-state index contributed by atoms with van der Waals surface area (Å²) in [7, 11) is 0. The second-order valence-corrected chi connectivity index (χ2v) is 5.89. The van der Waals surface area contributed by atoms with Crippen LogP contribution in [0.5, 0.6) is 0 Å². The molecule has 0 radical (unpaired) electrons. The second kappa shape index (κ2) is 6.40. The van der Waals surface area contributed by atoms with Crippen molar-refractivity contribution in [2.75, 3.05) is 36.4 Å². The molecule has 25 heavy (non-hydrogen) atoms. The number of hydrogen-bond donors (Lipinski definition) is 2. The van der Waals surface area contributed by atoms with E-state index in [1.807, 2.05) is 24.3 Å². The van der Waals surface area contributed by atoms with Crippen LogP contribution >= 0.6 is 0 Å². The molecular formula is C17H18N6O2. The summed E-state index contributed by atoms with van der Waals surface area (Å²) in [5, 5.41) is 34.5. The Morgan fingerprint density at radius 1 is 0.960 bits per heavy atom. The monoisotopic (exact) mass is 338 g/mol. The fourth-order valence-corrected chi connectivity index (χ4v) is 2.98. The fraction of sp³-hybridized carbons (Fsp3) is 0.235. The van der Waals surface area contributed by atoms with E-state index in [0.29, 0.717) is 15.3 Å². The van der Waals surface area contributed by atoms with Crippen molar-refractivity contribution in [3.05, 3.63) is 58.9 Å². The fourth-order valence-electron chi connectivity index (χ4n) is 2.98. The van der Waals surface area contributed by atoms with E-state index in [1.165, 1.54) is 0 Å². The highest BCUT2D eigenvalue weighted by Gasteiger charge is 2.20. The SMILES string of the molecule is [O-][n+]1nc(Nc2ccc(N3CCNCC3)cc2)[n+]([O-])c2ccccc21. The zero-order valence-corrected chi connectivity index (χ0v) is 13.6. The lowest BCUT2D eigenvalue weighted by atomic mass is 10.2. The van der Waals surface area contributed by atoms with Crippen molar-refractivity contribution >= 4 is 28.4 Å². The predicted molar refractivity (Wildman–Crippen MR) is 94.5 cm³/mol. The van der Waals surface area contributed by atoms with Crippen molar-refractivity contribution < 1.29 is 9.58 Å². The smallest absolute Gasteiger partial charge is 0.465 e. The molecule has 0 saturated carbocycles. The van der Waals surface area contributed by atoms with E-state index in [1.54, 1.807) is 24.3 Å². The number of fused-ring (bicyclic) bond motifs is 1. The van der Waals surface area contributed by atoms with Crippen molar-refractivity contribution in [1.82, 2.24) is 10.4 Å².